The van der Waals surface area contributed by atoms with Gasteiger partial charge in [-0.2, -0.15) is 4.67 Å². The van der Waals surface area contributed by atoms with Crippen LogP contribution in [0.5, 0.6) is 0 Å². The van der Waals surface area contributed by atoms with E-state index in [4.69, 9.17) is 5.26 Å². The molecule has 2 atom stereocenters. The normalized spacial score (nSPS) is 19.5. The summed E-state index contributed by atoms with van der Waals surface area (Å²) in [7, 11) is -2.49. The first-order valence-electron chi connectivity index (χ1n) is 2.54. The Kier molecular flexibility index (Phi) is 3.75. The van der Waals surface area contributed by atoms with Crippen molar-refractivity contribution in [1.82, 2.24) is 0 Å². The van der Waals surface area contributed by atoms with E-state index in [2.05, 4.69) is 9.20 Å². The maximum atomic E-state index is 11.0. The van der Waals surface area contributed by atoms with Crippen molar-refractivity contribution < 1.29 is 23.8 Å². The molecule has 2 unspecified atom stereocenters. The van der Waals surface area contributed by atoms with Crippen molar-refractivity contribution in [3.05, 3.63) is 0 Å². The highest BCUT2D eigenvalue weighted by Gasteiger charge is 2.31. The molecule has 0 aliphatic carbocycles. The average Bonchev–Trinajstić information content (AvgIpc) is 2.01. The molecule has 0 saturated carbocycles. The fourth-order valence-corrected chi connectivity index (χ4v) is 1.05. The zero-order chi connectivity index (χ0) is 8.20. The Morgan fingerprint density at radius 2 is 2.20 bits per heavy atom. The summed E-state index contributed by atoms with van der Waals surface area (Å²) in [6, 6.07) is 0. The molecule has 5 nitrogen and oxygen atoms in total. The summed E-state index contributed by atoms with van der Waals surface area (Å²) >= 11 is 0. The Labute approximate surface area is 58.4 Å². The molecule has 0 rings (SSSR count). The van der Waals surface area contributed by atoms with Crippen molar-refractivity contribution in [2.24, 2.45) is 0 Å². The highest BCUT2D eigenvalue weighted by Crippen LogP contribution is 2.50. The predicted octanol–water partition coefficient (Wildman–Crippen LogP) is 0.903. The molecule has 0 fully saturated rings. The number of hydrogen-bond acceptors (Lipinski definition) is 5. The molecule has 1 N–H and O–H groups in total. The number of rotatable bonds is 4. The second kappa shape index (κ2) is 3.83. The van der Waals surface area contributed by atoms with Gasteiger partial charge in [0.1, 0.15) is 11.9 Å². The molecule has 60 valence electrons. The van der Waals surface area contributed by atoms with Crippen LogP contribution in [0.3, 0.4) is 0 Å². The standard InChI is InChI=1S/C4H9O5P/c1-4(3-5)10(7,8-2)9-6/h3-4,6H,1-2H3. The molecular weight excluding hydrogens is 159 g/mol. The SMILES string of the molecule is COP(=O)(OO)C(C)C=O. The molecule has 0 aromatic heterocycles. The molecule has 0 aliphatic heterocycles. The number of carbonyl (C=O) groups excluding carboxylic acids is 1. The van der Waals surface area contributed by atoms with Crippen LogP contribution in [0.1, 0.15) is 6.92 Å². The van der Waals surface area contributed by atoms with Crippen molar-refractivity contribution in [3.8, 4) is 0 Å². The molecule has 0 aromatic rings. The molecule has 0 amide bonds. The van der Waals surface area contributed by atoms with Gasteiger partial charge in [-0.25, -0.2) is 5.26 Å². The molecule has 0 saturated heterocycles. The van der Waals surface area contributed by atoms with Crippen LogP contribution >= 0.6 is 7.60 Å². The third kappa shape index (κ3) is 1.88. The summed E-state index contributed by atoms with van der Waals surface area (Å²) < 4.78 is 18.8. The first-order chi connectivity index (χ1) is 4.60. The summed E-state index contributed by atoms with van der Waals surface area (Å²) in [6.45, 7) is 1.33. The van der Waals surface area contributed by atoms with Crippen molar-refractivity contribution in [1.29, 1.82) is 0 Å². The quantitative estimate of drug-likeness (QED) is 0.292. The van der Waals surface area contributed by atoms with E-state index in [9.17, 15) is 9.36 Å². The molecule has 0 aromatic carbocycles. The van der Waals surface area contributed by atoms with E-state index in [-0.39, 0.29) is 0 Å². The zero-order valence-corrected chi connectivity index (χ0v) is 6.58. The fourth-order valence-electron chi connectivity index (χ4n) is 0.348. The van der Waals surface area contributed by atoms with E-state index < -0.39 is 13.3 Å². The lowest BCUT2D eigenvalue weighted by Gasteiger charge is -2.12. The molecule has 0 aliphatic rings. The van der Waals surface area contributed by atoms with Crippen LogP contribution in [-0.2, 0) is 18.6 Å². The largest absolute Gasteiger partial charge is 0.367 e. The van der Waals surface area contributed by atoms with Crippen molar-refractivity contribution in [2.45, 2.75) is 12.6 Å². The van der Waals surface area contributed by atoms with Crippen LogP contribution in [0.15, 0.2) is 0 Å². The third-order valence-electron chi connectivity index (χ3n) is 1.06. The monoisotopic (exact) mass is 168 g/mol. The summed E-state index contributed by atoms with van der Waals surface area (Å²) in [5.41, 5.74) is -0.942. The lowest BCUT2D eigenvalue weighted by molar-refractivity contribution is -0.149. The molecule has 0 heterocycles. The average molecular weight is 168 g/mol. The van der Waals surface area contributed by atoms with Gasteiger partial charge in [0.2, 0.25) is 0 Å². The lowest BCUT2D eigenvalue weighted by atomic mass is 10.5. The first kappa shape index (κ1) is 9.78. The zero-order valence-electron chi connectivity index (χ0n) is 5.68. The summed E-state index contributed by atoms with van der Waals surface area (Å²) in [5, 5.41) is 8.04. The van der Waals surface area contributed by atoms with Gasteiger partial charge in [0.15, 0.2) is 0 Å². The maximum absolute atomic E-state index is 11.0. The van der Waals surface area contributed by atoms with E-state index in [1.807, 2.05) is 0 Å². The molecule has 6 heteroatoms. The second-order valence-corrected chi connectivity index (χ2v) is 4.10. The summed E-state index contributed by atoms with van der Waals surface area (Å²) in [4.78, 5) is 10.0. The number of hydrogen-bond donors (Lipinski definition) is 1. The Morgan fingerprint density at radius 3 is 2.30 bits per heavy atom. The van der Waals surface area contributed by atoms with Crippen molar-refractivity contribution in [3.63, 3.8) is 0 Å². The summed E-state index contributed by atoms with van der Waals surface area (Å²) in [6.07, 6.45) is 0.389. The minimum Gasteiger partial charge on any atom is -0.310 e. The molecule has 10 heavy (non-hydrogen) atoms. The number of aldehydes is 1. The van der Waals surface area contributed by atoms with Gasteiger partial charge in [-0.3, -0.25) is 4.57 Å². The van der Waals surface area contributed by atoms with E-state index in [0.29, 0.717) is 6.29 Å². The van der Waals surface area contributed by atoms with E-state index in [1.54, 1.807) is 0 Å². The van der Waals surface area contributed by atoms with Gasteiger partial charge in [0, 0.05) is 7.11 Å². The fraction of sp³-hybridized carbons (Fsp3) is 0.750. The molecule has 0 bridgehead atoms. The predicted molar refractivity (Wildman–Crippen MR) is 33.9 cm³/mol. The maximum Gasteiger partial charge on any atom is 0.367 e. The van der Waals surface area contributed by atoms with Crippen molar-refractivity contribution >= 4 is 13.9 Å². The Bertz CT molecular complexity index is 148. The van der Waals surface area contributed by atoms with Gasteiger partial charge >= 0.3 is 7.60 Å². The Hall–Kier alpha value is -0.220. The number of carbonyl (C=O) groups is 1. The minimum absolute atomic E-state index is 0.389. The van der Waals surface area contributed by atoms with Crippen LogP contribution in [0, 0.1) is 0 Å². The van der Waals surface area contributed by atoms with Crippen LogP contribution in [0.2, 0.25) is 0 Å². The van der Waals surface area contributed by atoms with E-state index in [1.165, 1.54) is 6.92 Å². The van der Waals surface area contributed by atoms with Gasteiger partial charge in [0.05, 0.1) is 0 Å². The third-order valence-corrected chi connectivity index (χ3v) is 2.92. The molecular formula is C4H9O5P. The lowest BCUT2D eigenvalue weighted by Crippen LogP contribution is -2.07. The van der Waals surface area contributed by atoms with Gasteiger partial charge in [-0.15, -0.1) is 0 Å². The van der Waals surface area contributed by atoms with Crippen LogP contribution < -0.4 is 0 Å². The van der Waals surface area contributed by atoms with Crippen molar-refractivity contribution in [2.75, 3.05) is 7.11 Å². The highest BCUT2D eigenvalue weighted by molar-refractivity contribution is 7.55. The van der Waals surface area contributed by atoms with Gasteiger partial charge in [0.25, 0.3) is 0 Å². The Balaban J connectivity index is 4.32. The topological polar surface area (TPSA) is 72.8 Å². The highest BCUT2D eigenvalue weighted by atomic mass is 31.2. The van der Waals surface area contributed by atoms with Gasteiger partial charge < -0.3 is 9.32 Å². The smallest absolute Gasteiger partial charge is 0.310 e. The minimum atomic E-state index is -3.58. The van der Waals surface area contributed by atoms with Gasteiger partial charge in [-0.1, -0.05) is 0 Å². The molecule has 0 radical (unpaired) electrons. The first-order valence-corrected chi connectivity index (χ1v) is 4.15. The van der Waals surface area contributed by atoms with E-state index in [0.717, 1.165) is 7.11 Å². The van der Waals surface area contributed by atoms with Gasteiger partial charge in [-0.05, 0) is 6.92 Å². The summed E-state index contributed by atoms with van der Waals surface area (Å²) in [5.74, 6) is 0. The van der Waals surface area contributed by atoms with Crippen LogP contribution in [0.4, 0.5) is 0 Å². The second-order valence-electron chi connectivity index (χ2n) is 1.68. The Morgan fingerprint density at radius 1 is 1.70 bits per heavy atom. The van der Waals surface area contributed by atoms with E-state index >= 15 is 0 Å². The molecule has 0 spiro atoms. The van der Waals surface area contributed by atoms with Crippen LogP contribution in [0.25, 0.3) is 0 Å². The van der Waals surface area contributed by atoms with Crippen LogP contribution in [-0.4, -0.2) is 24.3 Å².